The zero-order valence-electron chi connectivity index (χ0n) is 18.9. The molecule has 2 heterocycles. The average molecular weight is 463 g/mol. The molecule has 0 saturated carbocycles. The minimum atomic E-state index is -1.68. The number of benzene rings is 3. The van der Waals surface area contributed by atoms with E-state index in [0.29, 0.717) is 24.1 Å². The van der Waals surface area contributed by atoms with Gasteiger partial charge in [0.05, 0.1) is 5.92 Å². The molecule has 0 aromatic heterocycles. The van der Waals surface area contributed by atoms with E-state index in [9.17, 15) is 18.7 Å². The molecule has 2 aliphatic rings. The monoisotopic (exact) mass is 462 g/mol. The lowest BCUT2D eigenvalue weighted by Gasteiger charge is -2.49. The molecule has 0 unspecified atom stereocenters. The molecule has 2 saturated heterocycles. The first-order valence-corrected chi connectivity index (χ1v) is 11.8. The number of halogens is 2. The van der Waals surface area contributed by atoms with E-state index < -0.39 is 23.2 Å². The molecule has 4 nitrogen and oxygen atoms in total. The Hall–Kier alpha value is -3.09. The molecule has 2 fully saturated rings. The number of fused-ring (bicyclic) bond motifs is 1. The van der Waals surface area contributed by atoms with Crippen LogP contribution in [0.15, 0.2) is 78.9 Å². The van der Waals surface area contributed by atoms with Crippen LogP contribution >= 0.6 is 0 Å². The molecule has 2 atom stereocenters. The average Bonchev–Trinajstić information content (AvgIpc) is 2.85. The number of carbonyl (C=O) groups is 1. The molecule has 0 aliphatic carbocycles. The Morgan fingerprint density at radius 2 is 1.41 bits per heavy atom. The Morgan fingerprint density at radius 1 is 0.824 bits per heavy atom. The van der Waals surface area contributed by atoms with Crippen molar-refractivity contribution in [3.63, 3.8) is 0 Å². The predicted molar refractivity (Wildman–Crippen MR) is 126 cm³/mol. The number of carbonyl (C=O) groups excluding carboxylic acids is 1. The summed E-state index contributed by atoms with van der Waals surface area (Å²) in [5, 5.41) is 12.1. The quantitative estimate of drug-likeness (QED) is 0.614. The van der Waals surface area contributed by atoms with Crippen LogP contribution in [0.2, 0.25) is 0 Å². The molecule has 1 amide bonds. The summed E-state index contributed by atoms with van der Waals surface area (Å²) in [7, 11) is 0. The second-order valence-corrected chi connectivity index (χ2v) is 9.32. The Labute approximate surface area is 198 Å². The van der Waals surface area contributed by atoms with Gasteiger partial charge in [0.2, 0.25) is 5.91 Å². The molecule has 0 bridgehead atoms. The van der Waals surface area contributed by atoms with Crippen molar-refractivity contribution in [1.82, 2.24) is 9.80 Å². The van der Waals surface area contributed by atoms with Crippen LogP contribution in [0.1, 0.15) is 29.5 Å². The van der Waals surface area contributed by atoms with E-state index in [4.69, 9.17) is 0 Å². The third-order valence-electron chi connectivity index (χ3n) is 7.26. The van der Waals surface area contributed by atoms with Gasteiger partial charge in [-0.1, -0.05) is 54.6 Å². The number of piperazine rings is 1. The van der Waals surface area contributed by atoms with E-state index in [2.05, 4.69) is 17.0 Å². The number of hydrogen-bond donors (Lipinski definition) is 1. The number of hydrogen-bond acceptors (Lipinski definition) is 3. The normalized spacial score (nSPS) is 21.4. The fourth-order valence-electron chi connectivity index (χ4n) is 5.49. The maximum atomic E-state index is 13.8. The minimum absolute atomic E-state index is 0.0897. The van der Waals surface area contributed by atoms with Crippen molar-refractivity contribution in [1.29, 1.82) is 0 Å². The first-order chi connectivity index (χ1) is 16.4. The topological polar surface area (TPSA) is 43.8 Å². The predicted octanol–water partition coefficient (Wildman–Crippen LogP) is 4.32. The molecular formula is C28H28F2N2O2. The van der Waals surface area contributed by atoms with Crippen LogP contribution in [-0.2, 0) is 16.9 Å². The van der Waals surface area contributed by atoms with Crippen molar-refractivity contribution in [3.8, 4) is 0 Å². The highest BCUT2D eigenvalue weighted by Gasteiger charge is 2.50. The molecular weight excluding hydrogens is 434 g/mol. The summed E-state index contributed by atoms with van der Waals surface area (Å²) in [6.45, 7) is 2.99. The lowest BCUT2D eigenvalue weighted by atomic mass is 9.71. The van der Waals surface area contributed by atoms with E-state index in [0.717, 1.165) is 26.1 Å². The zero-order valence-corrected chi connectivity index (χ0v) is 18.9. The highest BCUT2D eigenvalue weighted by Crippen LogP contribution is 2.43. The number of amides is 1. The van der Waals surface area contributed by atoms with Crippen LogP contribution in [-0.4, -0.2) is 46.5 Å². The van der Waals surface area contributed by atoms with Crippen LogP contribution in [0.25, 0.3) is 0 Å². The first-order valence-electron chi connectivity index (χ1n) is 11.8. The van der Waals surface area contributed by atoms with Crippen molar-refractivity contribution < 1.29 is 18.7 Å². The van der Waals surface area contributed by atoms with E-state index in [1.807, 2.05) is 23.1 Å². The lowest BCUT2D eigenvalue weighted by molar-refractivity contribution is -0.155. The third-order valence-corrected chi connectivity index (χ3v) is 7.26. The van der Waals surface area contributed by atoms with E-state index in [1.54, 1.807) is 0 Å². The second-order valence-electron chi connectivity index (χ2n) is 9.32. The first kappa shape index (κ1) is 22.7. The summed E-state index contributed by atoms with van der Waals surface area (Å²) < 4.78 is 27.3. The zero-order chi connectivity index (χ0) is 23.7. The van der Waals surface area contributed by atoms with E-state index in [-0.39, 0.29) is 11.9 Å². The maximum absolute atomic E-state index is 13.8. The van der Waals surface area contributed by atoms with Crippen molar-refractivity contribution in [2.24, 2.45) is 5.92 Å². The minimum Gasteiger partial charge on any atom is -0.380 e. The number of piperidine rings is 1. The third kappa shape index (κ3) is 4.24. The summed E-state index contributed by atoms with van der Waals surface area (Å²) >= 11 is 0. The van der Waals surface area contributed by atoms with Gasteiger partial charge in [0.1, 0.15) is 17.2 Å². The molecule has 6 heteroatoms. The van der Waals surface area contributed by atoms with Crippen LogP contribution in [0.4, 0.5) is 8.78 Å². The van der Waals surface area contributed by atoms with Gasteiger partial charge < -0.3 is 10.0 Å². The summed E-state index contributed by atoms with van der Waals surface area (Å²) in [6, 6.07) is 21.5. The Morgan fingerprint density at radius 3 is 2.00 bits per heavy atom. The largest absolute Gasteiger partial charge is 0.380 e. The van der Waals surface area contributed by atoms with Crippen molar-refractivity contribution in [3.05, 3.63) is 107 Å². The molecule has 2 aliphatic heterocycles. The highest BCUT2D eigenvalue weighted by atomic mass is 19.1. The lowest BCUT2D eigenvalue weighted by Crippen LogP contribution is -2.61. The number of rotatable bonds is 5. The van der Waals surface area contributed by atoms with Gasteiger partial charge in [-0.3, -0.25) is 9.69 Å². The van der Waals surface area contributed by atoms with Gasteiger partial charge in [-0.05, 0) is 53.8 Å². The van der Waals surface area contributed by atoms with Crippen LogP contribution in [0, 0.1) is 17.6 Å². The van der Waals surface area contributed by atoms with Gasteiger partial charge in [0, 0.05) is 32.2 Å². The van der Waals surface area contributed by atoms with Gasteiger partial charge in [0.15, 0.2) is 0 Å². The Balaban J connectivity index is 1.40. The van der Waals surface area contributed by atoms with Gasteiger partial charge in [-0.15, -0.1) is 0 Å². The smallest absolute Gasteiger partial charge is 0.229 e. The van der Waals surface area contributed by atoms with Crippen molar-refractivity contribution in [2.45, 2.75) is 31.0 Å². The second kappa shape index (κ2) is 9.28. The Bertz CT molecular complexity index is 1090. The SMILES string of the molecule is O=C1[C@@H](C(O)(c2ccc(F)cc2)c2ccc(F)cc2)CC[C@H]2CN(Cc3ccccc3)CCN12. The van der Waals surface area contributed by atoms with Crippen molar-refractivity contribution >= 4 is 5.91 Å². The maximum Gasteiger partial charge on any atom is 0.229 e. The molecule has 0 spiro atoms. The van der Waals surface area contributed by atoms with Crippen LogP contribution in [0.5, 0.6) is 0 Å². The van der Waals surface area contributed by atoms with Crippen molar-refractivity contribution in [2.75, 3.05) is 19.6 Å². The van der Waals surface area contributed by atoms with E-state index >= 15 is 0 Å². The standard InChI is InChI=1S/C28H28F2N2O2/c29-23-10-6-21(7-11-23)28(34,22-8-12-24(30)13-9-22)26-15-14-25-19-31(16-17-32(25)27(26)33)18-20-4-2-1-3-5-20/h1-13,25-26,34H,14-19H2/t25-,26-/m0/s1. The van der Waals surface area contributed by atoms with Gasteiger partial charge >= 0.3 is 0 Å². The van der Waals surface area contributed by atoms with Gasteiger partial charge in [0.25, 0.3) is 0 Å². The molecule has 3 aromatic carbocycles. The highest BCUT2D eigenvalue weighted by molar-refractivity contribution is 5.82. The van der Waals surface area contributed by atoms with Gasteiger partial charge in [-0.2, -0.15) is 0 Å². The summed E-state index contributed by atoms with van der Waals surface area (Å²) in [5.74, 6) is -1.68. The fraction of sp³-hybridized carbons (Fsp3) is 0.321. The molecule has 176 valence electrons. The summed E-state index contributed by atoms with van der Waals surface area (Å²) in [6.07, 6.45) is 1.25. The molecule has 1 N–H and O–H groups in total. The number of nitrogens with zero attached hydrogens (tertiary/aromatic N) is 2. The summed E-state index contributed by atoms with van der Waals surface area (Å²) in [4.78, 5) is 18.0. The molecule has 3 aromatic rings. The fourth-order valence-corrected chi connectivity index (χ4v) is 5.49. The van der Waals surface area contributed by atoms with E-state index in [1.165, 1.54) is 54.1 Å². The Kier molecular flexibility index (Phi) is 6.19. The molecule has 34 heavy (non-hydrogen) atoms. The van der Waals surface area contributed by atoms with Crippen LogP contribution < -0.4 is 0 Å². The number of aliphatic hydroxyl groups is 1. The molecule has 5 rings (SSSR count). The van der Waals surface area contributed by atoms with Gasteiger partial charge in [-0.25, -0.2) is 8.78 Å². The summed E-state index contributed by atoms with van der Waals surface area (Å²) in [5.41, 5.74) is 0.433. The van der Waals surface area contributed by atoms with Crippen LogP contribution in [0.3, 0.4) is 0 Å². The molecule has 0 radical (unpaired) electrons.